The van der Waals surface area contributed by atoms with E-state index in [9.17, 15) is 4.79 Å². The number of para-hydroxylation sites is 2. The third-order valence-electron chi connectivity index (χ3n) is 3.24. The number of nitrogens with one attached hydrogen (secondary N) is 1. The van der Waals surface area contributed by atoms with Crippen LogP contribution in [0.1, 0.15) is 18.9 Å². The molecule has 22 heavy (non-hydrogen) atoms. The van der Waals surface area contributed by atoms with E-state index in [1.54, 1.807) is 7.11 Å². The second kappa shape index (κ2) is 8.08. The van der Waals surface area contributed by atoms with Crippen LogP contribution in [0.15, 0.2) is 48.5 Å². The van der Waals surface area contributed by atoms with Crippen molar-refractivity contribution in [3.63, 3.8) is 0 Å². The summed E-state index contributed by atoms with van der Waals surface area (Å²) in [7, 11) is 1.64. The van der Waals surface area contributed by atoms with E-state index in [1.165, 1.54) is 0 Å². The Morgan fingerprint density at radius 3 is 2.73 bits per heavy atom. The van der Waals surface area contributed by atoms with Gasteiger partial charge in [0, 0.05) is 6.42 Å². The lowest BCUT2D eigenvalue weighted by Gasteiger charge is -2.11. The first kappa shape index (κ1) is 15.9. The molecule has 0 heterocycles. The maximum atomic E-state index is 12.1. The van der Waals surface area contributed by atoms with Crippen molar-refractivity contribution in [3.8, 4) is 11.5 Å². The zero-order valence-corrected chi connectivity index (χ0v) is 13.0. The molecule has 4 heteroatoms. The predicted molar refractivity (Wildman–Crippen MR) is 87.6 cm³/mol. The first-order valence-electron chi connectivity index (χ1n) is 7.37. The number of carbonyl (C=O) groups is 1. The minimum Gasteiger partial charge on any atom is -0.497 e. The van der Waals surface area contributed by atoms with E-state index < -0.39 is 0 Å². The lowest BCUT2D eigenvalue weighted by molar-refractivity contribution is -0.116. The van der Waals surface area contributed by atoms with Gasteiger partial charge in [-0.1, -0.05) is 24.3 Å². The van der Waals surface area contributed by atoms with Crippen LogP contribution in [-0.4, -0.2) is 19.6 Å². The summed E-state index contributed by atoms with van der Waals surface area (Å²) in [4.78, 5) is 12.1. The average molecular weight is 299 g/mol. The number of methoxy groups -OCH3 is 1. The SMILES string of the molecule is CCOc1ccccc1NC(=O)CCc1cccc(OC)c1. The van der Waals surface area contributed by atoms with E-state index >= 15 is 0 Å². The third kappa shape index (κ3) is 4.52. The molecule has 0 atom stereocenters. The van der Waals surface area contributed by atoms with Crippen LogP contribution in [0, 0.1) is 0 Å². The molecule has 0 spiro atoms. The molecule has 0 aliphatic heterocycles. The third-order valence-corrected chi connectivity index (χ3v) is 3.24. The van der Waals surface area contributed by atoms with Gasteiger partial charge in [0.2, 0.25) is 5.91 Å². The van der Waals surface area contributed by atoms with Gasteiger partial charge in [0.15, 0.2) is 0 Å². The maximum Gasteiger partial charge on any atom is 0.224 e. The van der Waals surface area contributed by atoms with E-state index in [1.807, 2.05) is 55.5 Å². The highest BCUT2D eigenvalue weighted by atomic mass is 16.5. The van der Waals surface area contributed by atoms with Crippen molar-refractivity contribution in [2.24, 2.45) is 0 Å². The van der Waals surface area contributed by atoms with Crippen LogP contribution in [0.2, 0.25) is 0 Å². The van der Waals surface area contributed by atoms with Gasteiger partial charge in [0.05, 0.1) is 19.4 Å². The van der Waals surface area contributed by atoms with Crippen molar-refractivity contribution in [1.29, 1.82) is 0 Å². The van der Waals surface area contributed by atoms with Crippen LogP contribution < -0.4 is 14.8 Å². The Morgan fingerprint density at radius 1 is 1.14 bits per heavy atom. The van der Waals surface area contributed by atoms with Gasteiger partial charge in [0.25, 0.3) is 0 Å². The second-order valence-electron chi connectivity index (χ2n) is 4.83. The Kier molecular flexibility index (Phi) is 5.83. The van der Waals surface area contributed by atoms with Crippen molar-refractivity contribution in [2.45, 2.75) is 19.8 Å². The summed E-state index contributed by atoms with van der Waals surface area (Å²) in [6.45, 7) is 2.48. The summed E-state index contributed by atoms with van der Waals surface area (Å²) in [6.07, 6.45) is 1.08. The minimum atomic E-state index is -0.0324. The molecule has 0 saturated heterocycles. The zero-order valence-electron chi connectivity index (χ0n) is 13.0. The summed E-state index contributed by atoms with van der Waals surface area (Å²) in [6, 6.07) is 15.2. The number of hydrogen-bond acceptors (Lipinski definition) is 3. The fourth-order valence-electron chi connectivity index (χ4n) is 2.15. The molecule has 0 saturated carbocycles. The molecule has 2 rings (SSSR count). The standard InChI is InChI=1S/C18H21NO3/c1-3-22-17-10-5-4-9-16(17)19-18(20)12-11-14-7-6-8-15(13-14)21-2/h4-10,13H,3,11-12H2,1-2H3,(H,19,20). The van der Waals surface area contributed by atoms with E-state index in [-0.39, 0.29) is 5.91 Å². The molecule has 0 fully saturated rings. The summed E-state index contributed by atoms with van der Waals surface area (Å²) in [5, 5.41) is 2.90. The van der Waals surface area contributed by atoms with Gasteiger partial charge in [-0.15, -0.1) is 0 Å². The summed E-state index contributed by atoms with van der Waals surface area (Å²) in [5.41, 5.74) is 1.78. The fraction of sp³-hybridized carbons (Fsp3) is 0.278. The van der Waals surface area contributed by atoms with Crippen molar-refractivity contribution < 1.29 is 14.3 Å². The summed E-state index contributed by atoms with van der Waals surface area (Å²) < 4.78 is 10.7. The number of hydrogen-bond donors (Lipinski definition) is 1. The van der Waals surface area contributed by atoms with Crippen LogP contribution in [0.25, 0.3) is 0 Å². The second-order valence-corrected chi connectivity index (χ2v) is 4.83. The monoisotopic (exact) mass is 299 g/mol. The molecular weight excluding hydrogens is 278 g/mol. The molecule has 116 valence electrons. The van der Waals surface area contributed by atoms with Crippen molar-refractivity contribution in [1.82, 2.24) is 0 Å². The van der Waals surface area contributed by atoms with E-state index in [0.717, 1.165) is 11.3 Å². The Bertz CT molecular complexity index is 625. The van der Waals surface area contributed by atoms with Gasteiger partial charge < -0.3 is 14.8 Å². The smallest absolute Gasteiger partial charge is 0.224 e. The lowest BCUT2D eigenvalue weighted by atomic mass is 10.1. The number of ether oxygens (including phenoxy) is 2. The van der Waals surface area contributed by atoms with Crippen molar-refractivity contribution >= 4 is 11.6 Å². The topological polar surface area (TPSA) is 47.6 Å². The molecular formula is C18H21NO3. The van der Waals surface area contributed by atoms with Gasteiger partial charge in [0.1, 0.15) is 11.5 Å². The Hall–Kier alpha value is -2.49. The molecule has 0 radical (unpaired) electrons. The van der Waals surface area contributed by atoms with E-state index in [2.05, 4.69) is 5.32 Å². The van der Waals surface area contributed by atoms with Gasteiger partial charge in [-0.2, -0.15) is 0 Å². The maximum absolute atomic E-state index is 12.1. The van der Waals surface area contributed by atoms with Crippen LogP contribution in [0.5, 0.6) is 11.5 Å². The molecule has 4 nitrogen and oxygen atoms in total. The number of carbonyl (C=O) groups excluding carboxylic acids is 1. The number of rotatable bonds is 7. The van der Waals surface area contributed by atoms with Crippen LogP contribution in [-0.2, 0) is 11.2 Å². The Balaban J connectivity index is 1.93. The number of aryl methyl sites for hydroxylation is 1. The zero-order chi connectivity index (χ0) is 15.8. The summed E-state index contributed by atoms with van der Waals surface area (Å²) >= 11 is 0. The number of anilines is 1. The fourth-order valence-corrected chi connectivity index (χ4v) is 2.15. The largest absolute Gasteiger partial charge is 0.497 e. The molecule has 1 amide bonds. The normalized spacial score (nSPS) is 10.1. The van der Waals surface area contributed by atoms with E-state index in [4.69, 9.17) is 9.47 Å². The van der Waals surface area contributed by atoms with Gasteiger partial charge in [-0.25, -0.2) is 0 Å². The summed E-state index contributed by atoms with van der Waals surface area (Å²) in [5.74, 6) is 1.47. The molecule has 0 aliphatic rings. The van der Waals surface area contributed by atoms with Crippen molar-refractivity contribution in [2.75, 3.05) is 19.0 Å². The molecule has 0 bridgehead atoms. The minimum absolute atomic E-state index is 0.0324. The molecule has 0 aliphatic carbocycles. The molecule has 1 N–H and O–H groups in total. The van der Waals surface area contributed by atoms with Gasteiger partial charge >= 0.3 is 0 Å². The number of benzene rings is 2. The average Bonchev–Trinajstić information content (AvgIpc) is 2.55. The van der Waals surface area contributed by atoms with Crippen molar-refractivity contribution in [3.05, 3.63) is 54.1 Å². The van der Waals surface area contributed by atoms with Crippen LogP contribution in [0.3, 0.4) is 0 Å². The lowest BCUT2D eigenvalue weighted by Crippen LogP contribution is -2.13. The highest BCUT2D eigenvalue weighted by molar-refractivity contribution is 5.92. The van der Waals surface area contributed by atoms with E-state index in [0.29, 0.717) is 30.9 Å². The first-order valence-corrected chi connectivity index (χ1v) is 7.37. The molecule has 2 aromatic carbocycles. The quantitative estimate of drug-likeness (QED) is 0.848. The van der Waals surface area contributed by atoms with Crippen LogP contribution in [0.4, 0.5) is 5.69 Å². The number of amides is 1. The highest BCUT2D eigenvalue weighted by Crippen LogP contribution is 2.24. The highest BCUT2D eigenvalue weighted by Gasteiger charge is 2.07. The first-order chi connectivity index (χ1) is 10.7. The van der Waals surface area contributed by atoms with Gasteiger partial charge in [-0.3, -0.25) is 4.79 Å². The Morgan fingerprint density at radius 2 is 1.95 bits per heavy atom. The predicted octanol–water partition coefficient (Wildman–Crippen LogP) is 3.67. The molecule has 0 unspecified atom stereocenters. The molecule has 2 aromatic rings. The van der Waals surface area contributed by atoms with Crippen LogP contribution >= 0.6 is 0 Å². The van der Waals surface area contributed by atoms with Gasteiger partial charge in [-0.05, 0) is 43.2 Å². The molecule has 0 aromatic heterocycles. The Labute approximate surface area is 131 Å².